The Balaban J connectivity index is 3.07. The van der Waals surface area contributed by atoms with Gasteiger partial charge in [-0.05, 0) is 6.42 Å². The minimum atomic E-state index is 0.0704. The van der Waals surface area contributed by atoms with Crippen molar-refractivity contribution in [3.63, 3.8) is 0 Å². The van der Waals surface area contributed by atoms with Crippen molar-refractivity contribution in [3.05, 3.63) is 0 Å². The first kappa shape index (κ1) is 25.9. The van der Waals surface area contributed by atoms with Crippen LogP contribution in [0.25, 0.3) is 0 Å². The third-order valence-corrected chi connectivity index (χ3v) is 5.13. The molecule has 0 amide bonds. The van der Waals surface area contributed by atoms with Crippen molar-refractivity contribution in [2.75, 3.05) is 34.0 Å². The van der Waals surface area contributed by atoms with Gasteiger partial charge in [-0.3, -0.25) is 0 Å². The summed E-state index contributed by atoms with van der Waals surface area (Å²) in [6, 6.07) is 0. The Morgan fingerprint density at radius 2 is 0.962 bits per heavy atom. The molecule has 0 radical (unpaired) electrons. The minimum Gasteiger partial charge on any atom is -0.382 e. The van der Waals surface area contributed by atoms with Crippen molar-refractivity contribution in [3.8, 4) is 0 Å². The standard InChI is InChI=1S/C23H48O3/c1-4-5-6-7-8-9-10-11-12-13-14-15-16-17-18-19-20-26-22-23(25-3)21-24-2/h23H,4-22H2,1-3H3/t23-/m0/s1. The Bertz CT molecular complexity index is 246. The Morgan fingerprint density at radius 3 is 1.35 bits per heavy atom. The zero-order valence-corrected chi connectivity index (χ0v) is 18.2. The highest BCUT2D eigenvalue weighted by Gasteiger charge is 2.06. The highest BCUT2D eigenvalue weighted by molar-refractivity contribution is 4.54. The van der Waals surface area contributed by atoms with Crippen LogP contribution in [0.1, 0.15) is 110 Å². The predicted octanol–water partition coefficient (Wildman–Crippen LogP) is 6.93. The van der Waals surface area contributed by atoms with E-state index in [4.69, 9.17) is 14.2 Å². The normalized spacial score (nSPS) is 12.6. The van der Waals surface area contributed by atoms with Gasteiger partial charge in [-0.15, -0.1) is 0 Å². The summed E-state index contributed by atoms with van der Waals surface area (Å²) in [6.07, 6.45) is 22.5. The molecule has 3 nitrogen and oxygen atoms in total. The maximum Gasteiger partial charge on any atom is 0.104 e. The van der Waals surface area contributed by atoms with Gasteiger partial charge in [-0.1, -0.05) is 103 Å². The molecule has 0 aliphatic carbocycles. The first-order valence-electron chi connectivity index (χ1n) is 11.4. The van der Waals surface area contributed by atoms with E-state index >= 15 is 0 Å². The summed E-state index contributed by atoms with van der Waals surface area (Å²) >= 11 is 0. The minimum absolute atomic E-state index is 0.0704. The molecule has 158 valence electrons. The molecular formula is C23H48O3. The fraction of sp³-hybridized carbons (Fsp3) is 1.00. The van der Waals surface area contributed by atoms with Crippen LogP contribution in [0.15, 0.2) is 0 Å². The van der Waals surface area contributed by atoms with Gasteiger partial charge in [-0.25, -0.2) is 0 Å². The van der Waals surface area contributed by atoms with Crippen molar-refractivity contribution >= 4 is 0 Å². The van der Waals surface area contributed by atoms with Gasteiger partial charge in [0.2, 0.25) is 0 Å². The molecule has 0 unspecified atom stereocenters. The second kappa shape index (κ2) is 22.9. The molecule has 0 spiro atoms. The topological polar surface area (TPSA) is 27.7 Å². The van der Waals surface area contributed by atoms with Gasteiger partial charge in [0.05, 0.1) is 13.2 Å². The molecule has 0 aromatic rings. The van der Waals surface area contributed by atoms with Crippen LogP contribution >= 0.6 is 0 Å². The van der Waals surface area contributed by atoms with Crippen molar-refractivity contribution in [2.24, 2.45) is 0 Å². The highest BCUT2D eigenvalue weighted by Crippen LogP contribution is 2.13. The third-order valence-electron chi connectivity index (χ3n) is 5.13. The molecule has 0 fully saturated rings. The monoisotopic (exact) mass is 372 g/mol. The van der Waals surface area contributed by atoms with Crippen molar-refractivity contribution < 1.29 is 14.2 Å². The van der Waals surface area contributed by atoms with E-state index in [2.05, 4.69) is 6.92 Å². The Hall–Kier alpha value is -0.120. The SMILES string of the molecule is CCCCCCCCCCCCCCCCCCOC[C@H](COC)OC. The summed E-state index contributed by atoms with van der Waals surface area (Å²) in [5.41, 5.74) is 0. The lowest BCUT2D eigenvalue weighted by Crippen LogP contribution is -2.23. The second-order valence-corrected chi connectivity index (χ2v) is 7.69. The fourth-order valence-electron chi connectivity index (χ4n) is 3.34. The summed E-state index contributed by atoms with van der Waals surface area (Å²) in [5, 5.41) is 0. The smallest absolute Gasteiger partial charge is 0.104 e. The van der Waals surface area contributed by atoms with Crippen molar-refractivity contribution in [2.45, 2.75) is 116 Å². The summed E-state index contributed by atoms with van der Waals surface area (Å²) in [5.74, 6) is 0. The second-order valence-electron chi connectivity index (χ2n) is 7.69. The largest absolute Gasteiger partial charge is 0.382 e. The maximum atomic E-state index is 5.65. The van der Waals surface area contributed by atoms with Gasteiger partial charge in [0.15, 0.2) is 0 Å². The lowest BCUT2D eigenvalue weighted by molar-refractivity contribution is -0.0308. The number of hydrogen-bond donors (Lipinski definition) is 0. The van der Waals surface area contributed by atoms with Crippen molar-refractivity contribution in [1.29, 1.82) is 0 Å². The average molecular weight is 373 g/mol. The molecule has 0 aromatic heterocycles. The molecular weight excluding hydrogens is 324 g/mol. The van der Waals surface area contributed by atoms with E-state index < -0.39 is 0 Å². The Labute approximate surface area is 164 Å². The van der Waals surface area contributed by atoms with E-state index in [1.165, 1.54) is 103 Å². The molecule has 0 aliphatic heterocycles. The zero-order valence-electron chi connectivity index (χ0n) is 18.2. The van der Waals surface area contributed by atoms with E-state index in [-0.39, 0.29) is 6.10 Å². The molecule has 26 heavy (non-hydrogen) atoms. The molecule has 0 rings (SSSR count). The molecule has 0 N–H and O–H groups in total. The van der Waals surface area contributed by atoms with Crippen LogP contribution in [0, 0.1) is 0 Å². The molecule has 1 atom stereocenters. The van der Waals surface area contributed by atoms with E-state index in [0.717, 1.165) is 6.61 Å². The predicted molar refractivity (Wildman–Crippen MR) is 113 cm³/mol. The third kappa shape index (κ3) is 20.2. The summed E-state index contributed by atoms with van der Waals surface area (Å²) in [4.78, 5) is 0. The molecule has 0 bridgehead atoms. The van der Waals surface area contributed by atoms with E-state index in [1.807, 2.05) is 0 Å². The summed E-state index contributed by atoms with van der Waals surface area (Å²) in [7, 11) is 3.41. The van der Waals surface area contributed by atoms with Crippen LogP contribution in [-0.4, -0.2) is 40.1 Å². The molecule has 0 heterocycles. The first-order chi connectivity index (χ1) is 12.8. The van der Waals surface area contributed by atoms with Gasteiger partial charge in [0, 0.05) is 20.8 Å². The average Bonchev–Trinajstić information content (AvgIpc) is 2.66. The number of hydrogen-bond acceptors (Lipinski definition) is 3. The molecule has 3 heteroatoms. The lowest BCUT2D eigenvalue weighted by atomic mass is 10.0. The van der Waals surface area contributed by atoms with Gasteiger partial charge in [-0.2, -0.15) is 0 Å². The van der Waals surface area contributed by atoms with E-state index in [1.54, 1.807) is 14.2 Å². The van der Waals surface area contributed by atoms with Crippen LogP contribution < -0.4 is 0 Å². The van der Waals surface area contributed by atoms with Crippen LogP contribution in [-0.2, 0) is 14.2 Å². The van der Waals surface area contributed by atoms with Crippen LogP contribution in [0.4, 0.5) is 0 Å². The summed E-state index contributed by atoms with van der Waals surface area (Å²) < 4.78 is 16.0. The lowest BCUT2D eigenvalue weighted by Gasteiger charge is -2.14. The zero-order chi connectivity index (χ0) is 19.1. The van der Waals surface area contributed by atoms with Gasteiger partial charge >= 0.3 is 0 Å². The van der Waals surface area contributed by atoms with Gasteiger partial charge in [0.1, 0.15) is 6.10 Å². The van der Waals surface area contributed by atoms with Gasteiger partial charge < -0.3 is 14.2 Å². The van der Waals surface area contributed by atoms with Gasteiger partial charge in [0.25, 0.3) is 0 Å². The van der Waals surface area contributed by atoms with Crippen LogP contribution in [0.2, 0.25) is 0 Å². The molecule has 0 aliphatic rings. The Morgan fingerprint density at radius 1 is 0.538 bits per heavy atom. The fourth-order valence-corrected chi connectivity index (χ4v) is 3.34. The maximum absolute atomic E-state index is 5.65. The first-order valence-corrected chi connectivity index (χ1v) is 11.4. The molecule has 0 aromatic carbocycles. The van der Waals surface area contributed by atoms with Crippen LogP contribution in [0.5, 0.6) is 0 Å². The highest BCUT2D eigenvalue weighted by atomic mass is 16.5. The molecule has 0 saturated carbocycles. The number of ether oxygens (including phenoxy) is 3. The molecule has 0 saturated heterocycles. The number of unbranched alkanes of at least 4 members (excludes halogenated alkanes) is 15. The number of methoxy groups -OCH3 is 2. The van der Waals surface area contributed by atoms with Crippen LogP contribution in [0.3, 0.4) is 0 Å². The van der Waals surface area contributed by atoms with Crippen molar-refractivity contribution in [1.82, 2.24) is 0 Å². The number of rotatable bonds is 22. The van der Waals surface area contributed by atoms with E-state index in [0.29, 0.717) is 13.2 Å². The Kier molecular flexibility index (Phi) is 22.8. The van der Waals surface area contributed by atoms with E-state index in [9.17, 15) is 0 Å². The quantitative estimate of drug-likeness (QED) is 0.193. The summed E-state index contributed by atoms with van der Waals surface area (Å²) in [6.45, 7) is 4.39.